The average molecular weight is 350 g/mol. The molecular formula is C22H26N2O2. The van der Waals surface area contributed by atoms with Crippen molar-refractivity contribution in [2.75, 3.05) is 6.61 Å². The smallest absolute Gasteiger partial charge is 0.277 e. The van der Waals surface area contributed by atoms with Crippen molar-refractivity contribution >= 4 is 18.2 Å². The number of hydrazone groups is 1. The monoisotopic (exact) mass is 350 g/mol. The standard InChI is InChI=1S/C22H26N2O2/c1-17(14-18-8-6-5-7-9-18)15-23-24-21(25)16-26-20-12-10-19(11-13-20)22(2,3)4/h5-15H,16H2,1-4H3,(H,24,25). The molecule has 0 aliphatic carbocycles. The van der Waals surface area contributed by atoms with E-state index in [9.17, 15) is 4.79 Å². The van der Waals surface area contributed by atoms with Gasteiger partial charge >= 0.3 is 0 Å². The number of hydrogen-bond acceptors (Lipinski definition) is 3. The van der Waals surface area contributed by atoms with Gasteiger partial charge in [-0.2, -0.15) is 5.10 Å². The lowest BCUT2D eigenvalue weighted by Crippen LogP contribution is -2.24. The highest BCUT2D eigenvalue weighted by Crippen LogP contribution is 2.24. The Balaban J connectivity index is 1.79. The van der Waals surface area contributed by atoms with Gasteiger partial charge in [-0.05, 0) is 41.2 Å². The van der Waals surface area contributed by atoms with Gasteiger partial charge in [-0.15, -0.1) is 0 Å². The molecule has 2 aromatic carbocycles. The van der Waals surface area contributed by atoms with Gasteiger partial charge in [0.25, 0.3) is 5.91 Å². The van der Waals surface area contributed by atoms with Crippen molar-refractivity contribution in [3.63, 3.8) is 0 Å². The number of carbonyl (C=O) groups excluding carboxylic acids is 1. The minimum absolute atomic E-state index is 0.0757. The number of ether oxygens (including phenoxy) is 1. The van der Waals surface area contributed by atoms with Crippen LogP contribution < -0.4 is 10.2 Å². The number of rotatable bonds is 6. The van der Waals surface area contributed by atoms with Crippen LogP contribution in [0.4, 0.5) is 0 Å². The molecule has 0 radical (unpaired) electrons. The maximum Gasteiger partial charge on any atom is 0.277 e. The molecule has 0 aliphatic heterocycles. The third kappa shape index (κ3) is 6.55. The maximum atomic E-state index is 11.8. The number of nitrogens with one attached hydrogen (secondary N) is 1. The van der Waals surface area contributed by atoms with E-state index >= 15 is 0 Å². The molecule has 2 aromatic rings. The van der Waals surface area contributed by atoms with Crippen molar-refractivity contribution in [3.05, 3.63) is 71.3 Å². The Morgan fingerprint density at radius 3 is 2.35 bits per heavy atom. The predicted molar refractivity (Wildman–Crippen MR) is 107 cm³/mol. The van der Waals surface area contributed by atoms with Crippen molar-refractivity contribution < 1.29 is 9.53 Å². The molecule has 0 spiro atoms. The van der Waals surface area contributed by atoms with Crippen LogP contribution in [0.1, 0.15) is 38.8 Å². The van der Waals surface area contributed by atoms with Crippen LogP contribution in [0.5, 0.6) is 5.75 Å². The zero-order chi connectivity index (χ0) is 19.0. The SMILES string of the molecule is CC(C=NNC(=O)COc1ccc(C(C)(C)C)cc1)=Cc1ccccc1. The molecule has 0 unspecified atom stereocenters. The normalized spacial score (nSPS) is 12.2. The van der Waals surface area contributed by atoms with Gasteiger partial charge < -0.3 is 4.74 Å². The molecule has 0 bridgehead atoms. The molecular weight excluding hydrogens is 324 g/mol. The fourth-order valence-corrected chi connectivity index (χ4v) is 2.29. The Hall–Kier alpha value is -2.88. The van der Waals surface area contributed by atoms with E-state index in [4.69, 9.17) is 4.74 Å². The quantitative estimate of drug-likeness (QED) is 0.613. The highest BCUT2D eigenvalue weighted by atomic mass is 16.5. The molecule has 136 valence electrons. The highest BCUT2D eigenvalue weighted by Gasteiger charge is 2.13. The maximum absolute atomic E-state index is 11.8. The third-order valence-corrected chi connectivity index (χ3v) is 3.74. The lowest BCUT2D eigenvalue weighted by molar-refractivity contribution is -0.123. The fourth-order valence-electron chi connectivity index (χ4n) is 2.29. The van der Waals surface area contributed by atoms with Crippen LogP contribution >= 0.6 is 0 Å². The van der Waals surface area contributed by atoms with Crippen LogP contribution in [0.3, 0.4) is 0 Å². The van der Waals surface area contributed by atoms with Crippen molar-refractivity contribution in [1.82, 2.24) is 5.43 Å². The van der Waals surface area contributed by atoms with E-state index in [-0.39, 0.29) is 17.9 Å². The van der Waals surface area contributed by atoms with Gasteiger partial charge in [-0.1, -0.05) is 69.3 Å². The second-order valence-corrected chi connectivity index (χ2v) is 7.16. The molecule has 0 aliphatic rings. The minimum atomic E-state index is -0.298. The molecule has 1 amide bonds. The Morgan fingerprint density at radius 1 is 1.08 bits per heavy atom. The second kappa shape index (κ2) is 8.99. The van der Waals surface area contributed by atoms with E-state index in [0.717, 1.165) is 11.1 Å². The van der Waals surface area contributed by atoms with Crippen LogP contribution in [-0.2, 0) is 10.2 Å². The van der Waals surface area contributed by atoms with E-state index in [2.05, 4.69) is 31.3 Å². The molecule has 0 aromatic heterocycles. The average Bonchev–Trinajstić information content (AvgIpc) is 2.60. The first-order valence-corrected chi connectivity index (χ1v) is 8.63. The Morgan fingerprint density at radius 2 is 1.73 bits per heavy atom. The first kappa shape index (κ1) is 19.4. The molecule has 0 saturated carbocycles. The van der Waals surface area contributed by atoms with E-state index < -0.39 is 0 Å². The van der Waals surface area contributed by atoms with Gasteiger partial charge in [0, 0.05) is 0 Å². The summed E-state index contributed by atoms with van der Waals surface area (Å²) in [7, 11) is 0. The zero-order valence-corrected chi connectivity index (χ0v) is 15.8. The second-order valence-electron chi connectivity index (χ2n) is 7.16. The van der Waals surface area contributed by atoms with Crippen LogP contribution in [-0.4, -0.2) is 18.7 Å². The van der Waals surface area contributed by atoms with E-state index in [1.807, 2.05) is 67.6 Å². The van der Waals surface area contributed by atoms with Crippen molar-refractivity contribution in [2.24, 2.45) is 5.10 Å². The van der Waals surface area contributed by atoms with Crippen LogP contribution in [0.25, 0.3) is 6.08 Å². The Bertz CT molecular complexity index is 770. The first-order valence-electron chi connectivity index (χ1n) is 8.63. The predicted octanol–water partition coefficient (Wildman–Crippen LogP) is 4.57. The Labute approximate surface area is 155 Å². The number of benzene rings is 2. The number of amides is 1. The summed E-state index contributed by atoms with van der Waals surface area (Å²) in [4.78, 5) is 11.8. The zero-order valence-electron chi connectivity index (χ0n) is 15.8. The molecule has 2 rings (SSSR count). The molecule has 4 heteroatoms. The van der Waals surface area contributed by atoms with E-state index in [1.165, 1.54) is 5.56 Å². The van der Waals surface area contributed by atoms with Crippen molar-refractivity contribution in [1.29, 1.82) is 0 Å². The van der Waals surface area contributed by atoms with Crippen molar-refractivity contribution in [2.45, 2.75) is 33.1 Å². The van der Waals surface area contributed by atoms with Gasteiger partial charge in [0.1, 0.15) is 5.75 Å². The Kier molecular flexibility index (Phi) is 6.73. The molecule has 0 heterocycles. The summed E-state index contributed by atoms with van der Waals surface area (Å²) in [6.07, 6.45) is 3.60. The topological polar surface area (TPSA) is 50.7 Å². The molecule has 0 saturated heterocycles. The van der Waals surface area contributed by atoms with Gasteiger partial charge in [0.2, 0.25) is 0 Å². The number of nitrogens with zero attached hydrogens (tertiary/aromatic N) is 1. The van der Waals surface area contributed by atoms with Crippen LogP contribution in [0, 0.1) is 0 Å². The molecule has 0 fully saturated rings. The highest BCUT2D eigenvalue weighted by molar-refractivity contribution is 5.86. The number of carbonyl (C=O) groups is 1. The fraction of sp³-hybridized carbons (Fsp3) is 0.273. The summed E-state index contributed by atoms with van der Waals surface area (Å²) in [6, 6.07) is 17.7. The lowest BCUT2D eigenvalue weighted by atomic mass is 9.87. The number of allylic oxidation sites excluding steroid dienone is 1. The third-order valence-electron chi connectivity index (χ3n) is 3.74. The van der Waals surface area contributed by atoms with Crippen LogP contribution in [0.15, 0.2) is 65.3 Å². The van der Waals surface area contributed by atoms with E-state index in [0.29, 0.717) is 5.75 Å². The summed E-state index contributed by atoms with van der Waals surface area (Å²) in [5.41, 5.74) is 5.81. The lowest BCUT2D eigenvalue weighted by Gasteiger charge is -2.19. The summed E-state index contributed by atoms with van der Waals surface area (Å²) in [5.74, 6) is 0.367. The summed E-state index contributed by atoms with van der Waals surface area (Å²) in [5, 5.41) is 3.95. The molecule has 26 heavy (non-hydrogen) atoms. The largest absolute Gasteiger partial charge is 0.484 e. The molecule has 0 atom stereocenters. The van der Waals surface area contributed by atoms with Crippen molar-refractivity contribution in [3.8, 4) is 5.75 Å². The van der Waals surface area contributed by atoms with Crippen LogP contribution in [0.2, 0.25) is 0 Å². The first-order chi connectivity index (χ1) is 12.3. The van der Waals surface area contributed by atoms with E-state index in [1.54, 1.807) is 6.21 Å². The van der Waals surface area contributed by atoms with Gasteiger partial charge in [0.15, 0.2) is 6.61 Å². The van der Waals surface area contributed by atoms with Gasteiger partial charge in [-0.25, -0.2) is 5.43 Å². The summed E-state index contributed by atoms with van der Waals surface area (Å²) >= 11 is 0. The number of hydrogen-bond donors (Lipinski definition) is 1. The van der Waals surface area contributed by atoms with Gasteiger partial charge in [-0.3, -0.25) is 4.79 Å². The minimum Gasteiger partial charge on any atom is -0.484 e. The summed E-state index contributed by atoms with van der Waals surface area (Å²) < 4.78 is 5.49. The molecule has 4 nitrogen and oxygen atoms in total. The summed E-state index contributed by atoms with van der Waals surface area (Å²) in [6.45, 7) is 8.32. The van der Waals surface area contributed by atoms with Gasteiger partial charge in [0.05, 0.1) is 6.21 Å². The molecule has 1 N–H and O–H groups in total.